The van der Waals surface area contributed by atoms with Crippen LogP contribution in [0.2, 0.25) is 0 Å². The van der Waals surface area contributed by atoms with Gasteiger partial charge in [0, 0.05) is 13.0 Å². The molecule has 0 heterocycles. The number of fused-ring (bicyclic) bond motifs is 3. The first-order valence-electron chi connectivity index (χ1n) is 12.0. The molecule has 2 aromatic rings. The molecule has 2 aliphatic rings. The van der Waals surface area contributed by atoms with Crippen molar-refractivity contribution in [3.63, 3.8) is 0 Å². The SMILES string of the molecule is COCC(NC(=O)C1CCCCC1(C)NC(=O)OCC1c2ccccc2-c2ccccc21)C(=O)O. The summed E-state index contributed by atoms with van der Waals surface area (Å²) in [6.07, 6.45) is 2.23. The molecule has 0 aromatic heterocycles. The molecule has 0 spiro atoms. The molecule has 0 aliphatic heterocycles. The fraction of sp³-hybridized carbons (Fsp3) is 0.444. The number of hydrogen-bond donors (Lipinski definition) is 3. The summed E-state index contributed by atoms with van der Waals surface area (Å²) in [5.41, 5.74) is 3.70. The van der Waals surface area contributed by atoms with Gasteiger partial charge >= 0.3 is 12.1 Å². The quantitative estimate of drug-likeness (QED) is 0.531. The molecule has 0 radical (unpaired) electrons. The van der Waals surface area contributed by atoms with Crippen LogP contribution in [0.15, 0.2) is 48.5 Å². The number of carboxylic acid groups (broad SMARTS) is 1. The van der Waals surface area contributed by atoms with E-state index in [1.54, 1.807) is 0 Å². The van der Waals surface area contributed by atoms with E-state index in [2.05, 4.69) is 34.9 Å². The molecule has 186 valence electrons. The molecule has 4 rings (SSSR count). The van der Waals surface area contributed by atoms with Gasteiger partial charge in [-0.05, 0) is 42.0 Å². The number of rotatable bonds is 8. The van der Waals surface area contributed by atoms with Crippen molar-refractivity contribution in [1.29, 1.82) is 0 Å². The van der Waals surface area contributed by atoms with Gasteiger partial charge in [0.2, 0.25) is 5.91 Å². The number of carbonyl (C=O) groups excluding carboxylic acids is 2. The number of ether oxygens (including phenoxy) is 2. The van der Waals surface area contributed by atoms with Gasteiger partial charge in [0.1, 0.15) is 6.61 Å². The third-order valence-corrected chi connectivity index (χ3v) is 7.20. The zero-order valence-corrected chi connectivity index (χ0v) is 20.1. The lowest BCUT2D eigenvalue weighted by molar-refractivity contribution is -0.144. The molecule has 0 bridgehead atoms. The second-order valence-electron chi connectivity index (χ2n) is 9.52. The summed E-state index contributed by atoms with van der Waals surface area (Å²) in [7, 11) is 1.38. The van der Waals surface area contributed by atoms with Crippen LogP contribution >= 0.6 is 0 Å². The Balaban J connectivity index is 1.43. The van der Waals surface area contributed by atoms with E-state index in [-0.39, 0.29) is 19.1 Å². The maximum Gasteiger partial charge on any atom is 0.407 e. The standard InChI is InChI=1S/C27H32N2O6/c1-27(14-8-7-13-22(27)24(30)28-23(16-34-2)25(31)32)29-26(33)35-15-21-19-11-5-3-9-17(19)18-10-4-6-12-20(18)21/h3-6,9-12,21-23H,7-8,13-16H2,1-2H3,(H,28,30)(H,29,33)(H,31,32). The van der Waals surface area contributed by atoms with E-state index in [9.17, 15) is 19.5 Å². The van der Waals surface area contributed by atoms with Crippen molar-refractivity contribution in [3.05, 3.63) is 59.7 Å². The van der Waals surface area contributed by atoms with Gasteiger partial charge in [0.05, 0.1) is 18.1 Å². The lowest BCUT2D eigenvalue weighted by atomic mass is 9.73. The molecular formula is C27H32N2O6. The molecule has 2 aliphatic carbocycles. The summed E-state index contributed by atoms with van der Waals surface area (Å²) in [6, 6.07) is 15.1. The molecule has 2 amide bonds. The molecule has 35 heavy (non-hydrogen) atoms. The van der Waals surface area contributed by atoms with Crippen LogP contribution in [0.25, 0.3) is 11.1 Å². The minimum atomic E-state index is -1.16. The van der Waals surface area contributed by atoms with Crippen molar-refractivity contribution in [2.75, 3.05) is 20.3 Å². The fourth-order valence-corrected chi connectivity index (χ4v) is 5.38. The molecule has 8 heteroatoms. The Hall–Kier alpha value is -3.39. The number of amides is 2. The maximum atomic E-state index is 13.0. The minimum absolute atomic E-state index is 0.0585. The largest absolute Gasteiger partial charge is 0.480 e. The first-order chi connectivity index (χ1) is 16.8. The third-order valence-electron chi connectivity index (χ3n) is 7.20. The lowest BCUT2D eigenvalue weighted by Gasteiger charge is -2.41. The Kier molecular flexibility index (Phi) is 7.40. The maximum absolute atomic E-state index is 13.0. The van der Waals surface area contributed by atoms with Gasteiger partial charge in [-0.3, -0.25) is 4.79 Å². The van der Waals surface area contributed by atoms with E-state index >= 15 is 0 Å². The Morgan fingerprint density at radius 2 is 1.69 bits per heavy atom. The summed E-state index contributed by atoms with van der Waals surface area (Å²) in [5.74, 6) is -2.20. The zero-order chi connectivity index (χ0) is 25.0. The van der Waals surface area contributed by atoms with E-state index in [0.717, 1.165) is 35.1 Å². The molecule has 3 unspecified atom stereocenters. The molecule has 1 fully saturated rings. The summed E-state index contributed by atoms with van der Waals surface area (Å²) < 4.78 is 10.6. The highest BCUT2D eigenvalue weighted by Crippen LogP contribution is 2.44. The van der Waals surface area contributed by atoms with Crippen LogP contribution in [0.5, 0.6) is 0 Å². The number of aliphatic carboxylic acids is 1. The first kappa shape index (κ1) is 24.7. The minimum Gasteiger partial charge on any atom is -0.480 e. The van der Waals surface area contributed by atoms with Crippen LogP contribution in [-0.2, 0) is 19.1 Å². The average Bonchev–Trinajstić information content (AvgIpc) is 3.16. The molecule has 2 aromatic carbocycles. The topological polar surface area (TPSA) is 114 Å². The number of hydrogen-bond acceptors (Lipinski definition) is 5. The molecule has 3 atom stereocenters. The molecule has 8 nitrogen and oxygen atoms in total. The highest BCUT2D eigenvalue weighted by atomic mass is 16.5. The molecule has 0 saturated heterocycles. The molecular weight excluding hydrogens is 448 g/mol. The van der Waals surface area contributed by atoms with Gasteiger partial charge in [-0.15, -0.1) is 0 Å². The van der Waals surface area contributed by atoms with Crippen molar-refractivity contribution in [3.8, 4) is 11.1 Å². The Morgan fingerprint density at radius 3 is 2.29 bits per heavy atom. The summed E-state index contributed by atoms with van der Waals surface area (Å²) in [4.78, 5) is 37.4. The monoisotopic (exact) mass is 480 g/mol. The van der Waals surface area contributed by atoms with Gasteiger partial charge in [-0.2, -0.15) is 0 Å². The second-order valence-corrected chi connectivity index (χ2v) is 9.52. The van der Waals surface area contributed by atoms with Crippen molar-refractivity contribution in [1.82, 2.24) is 10.6 Å². The van der Waals surface area contributed by atoms with E-state index in [0.29, 0.717) is 12.8 Å². The summed E-state index contributed by atoms with van der Waals surface area (Å²) in [5, 5.41) is 14.8. The number of carbonyl (C=O) groups is 3. The van der Waals surface area contributed by atoms with Crippen LogP contribution < -0.4 is 10.6 Å². The van der Waals surface area contributed by atoms with E-state index in [1.807, 2.05) is 31.2 Å². The predicted molar refractivity (Wildman–Crippen MR) is 130 cm³/mol. The lowest BCUT2D eigenvalue weighted by Crippen LogP contribution is -2.59. The third kappa shape index (κ3) is 5.17. The van der Waals surface area contributed by atoms with Gasteiger partial charge in [-0.25, -0.2) is 9.59 Å². The highest BCUT2D eigenvalue weighted by molar-refractivity contribution is 5.86. The van der Waals surface area contributed by atoms with E-state index in [4.69, 9.17) is 9.47 Å². The van der Waals surface area contributed by atoms with Gasteiger partial charge in [-0.1, -0.05) is 61.4 Å². The number of benzene rings is 2. The van der Waals surface area contributed by atoms with Crippen molar-refractivity contribution >= 4 is 18.0 Å². The van der Waals surface area contributed by atoms with Crippen LogP contribution in [0.1, 0.15) is 49.7 Å². The van der Waals surface area contributed by atoms with Gasteiger partial charge in [0.25, 0.3) is 0 Å². The van der Waals surface area contributed by atoms with Gasteiger partial charge in [0.15, 0.2) is 6.04 Å². The zero-order valence-electron chi connectivity index (χ0n) is 20.1. The van der Waals surface area contributed by atoms with Crippen molar-refractivity contribution < 1.29 is 29.0 Å². The van der Waals surface area contributed by atoms with Gasteiger partial charge < -0.3 is 25.2 Å². The molecule has 3 N–H and O–H groups in total. The first-order valence-corrected chi connectivity index (χ1v) is 12.0. The average molecular weight is 481 g/mol. The van der Waals surface area contributed by atoms with Crippen LogP contribution in [0, 0.1) is 5.92 Å². The molecule has 1 saturated carbocycles. The van der Waals surface area contributed by atoms with Crippen LogP contribution in [0.4, 0.5) is 4.79 Å². The highest BCUT2D eigenvalue weighted by Gasteiger charge is 2.43. The van der Waals surface area contributed by atoms with E-state index in [1.165, 1.54) is 7.11 Å². The Bertz CT molecular complexity index is 1060. The number of methoxy groups -OCH3 is 1. The summed E-state index contributed by atoms with van der Waals surface area (Å²) in [6.45, 7) is 1.87. The smallest absolute Gasteiger partial charge is 0.407 e. The van der Waals surface area contributed by atoms with Crippen molar-refractivity contribution in [2.24, 2.45) is 5.92 Å². The number of nitrogens with one attached hydrogen (secondary N) is 2. The normalized spacial score (nSPS) is 21.9. The Morgan fingerprint density at radius 1 is 1.06 bits per heavy atom. The van der Waals surface area contributed by atoms with Crippen molar-refractivity contribution in [2.45, 2.75) is 50.1 Å². The van der Waals surface area contributed by atoms with E-state index < -0.39 is 35.5 Å². The fourth-order valence-electron chi connectivity index (χ4n) is 5.38. The second kappa shape index (κ2) is 10.5. The van der Waals surface area contributed by atoms with Crippen LogP contribution in [0.3, 0.4) is 0 Å². The Labute approximate surface area is 205 Å². The number of carboxylic acids is 1. The number of alkyl carbamates (subject to hydrolysis) is 1. The van der Waals surface area contributed by atoms with Crippen LogP contribution in [-0.4, -0.2) is 55.0 Å². The summed E-state index contributed by atoms with van der Waals surface area (Å²) >= 11 is 0. The predicted octanol–water partition coefficient (Wildman–Crippen LogP) is 3.69.